The Kier molecular flexibility index (Phi) is 4.11. The van der Waals surface area contributed by atoms with Gasteiger partial charge in [0.25, 0.3) is 0 Å². The van der Waals surface area contributed by atoms with Crippen molar-refractivity contribution >= 4 is 23.5 Å². The summed E-state index contributed by atoms with van der Waals surface area (Å²) in [7, 11) is 3.77. The highest BCUT2D eigenvalue weighted by atomic mass is 35.5. The molecule has 2 aromatic carbocycles. The van der Waals surface area contributed by atoms with E-state index in [2.05, 4.69) is 0 Å². The van der Waals surface area contributed by atoms with Crippen LogP contribution < -0.4 is 4.74 Å². The first-order valence-electron chi connectivity index (χ1n) is 7.15. The zero-order valence-electron chi connectivity index (χ0n) is 12.8. The second-order valence-corrected chi connectivity index (χ2v) is 6.11. The molecule has 4 nitrogen and oxygen atoms in total. The molecule has 0 spiro atoms. The fraction of sp³-hybridized carbons (Fsp3) is 0.167. The van der Waals surface area contributed by atoms with Gasteiger partial charge in [-0.25, -0.2) is 0 Å². The molecule has 0 unspecified atom stereocenters. The number of hydrogen-bond acceptors (Lipinski definition) is 4. The van der Waals surface area contributed by atoms with Gasteiger partial charge in [-0.1, -0.05) is 23.7 Å². The van der Waals surface area contributed by atoms with Gasteiger partial charge in [-0.3, -0.25) is 4.79 Å². The Morgan fingerprint density at radius 2 is 2.04 bits per heavy atom. The molecular formula is C18H16ClNO3. The number of carbonyl (C=O) groups is 1. The fourth-order valence-corrected chi connectivity index (χ4v) is 2.71. The standard InChI is InChI=1S/C18H16ClNO3/c1-20(2)10-14-15(21)7-6-13-17(22)16(23-18(13)14)9-11-4-3-5-12(19)8-11/h3-9,21H,10H2,1-2H3. The van der Waals surface area contributed by atoms with E-state index in [1.165, 1.54) is 6.07 Å². The van der Waals surface area contributed by atoms with Gasteiger partial charge < -0.3 is 14.7 Å². The molecule has 2 aromatic rings. The number of allylic oxidation sites excluding steroid dienone is 1. The summed E-state index contributed by atoms with van der Waals surface area (Å²) in [5.41, 5.74) is 1.86. The van der Waals surface area contributed by atoms with E-state index in [1.54, 1.807) is 24.3 Å². The van der Waals surface area contributed by atoms with Gasteiger partial charge in [0.15, 0.2) is 5.76 Å². The number of carbonyl (C=O) groups excluding carboxylic acids is 1. The van der Waals surface area contributed by atoms with Gasteiger partial charge in [-0.15, -0.1) is 0 Å². The van der Waals surface area contributed by atoms with Crippen molar-refractivity contribution in [2.24, 2.45) is 0 Å². The van der Waals surface area contributed by atoms with Crippen LogP contribution in [0.5, 0.6) is 11.5 Å². The third kappa shape index (κ3) is 3.09. The van der Waals surface area contributed by atoms with E-state index in [-0.39, 0.29) is 17.3 Å². The summed E-state index contributed by atoms with van der Waals surface area (Å²) in [4.78, 5) is 14.4. The van der Waals surface area contributed by atoms with Gasteiger partial charge in [-0.2, -0.15) is 0 Å². The Morgan fingerprint density at radius 1 is 1.26 bits per heavy atom. The lowest BCUT2D eigenvalue weighted by atomic mass is 10.0. The minimum Gasteiger partial charge on any atom is -0.507 e. The molecular weight excluding hydrogens is 314 g/mol. The molecule has 0 fully saturated rings. The summed E-state index contributed by atoms with van der Waals surface area (Å²) < 4.78 is 5.76. The normalized spacial score (nSPS) is 15.1. The zero-order valence-corrected chi connectivity index (χ0v) is 13.6. The molecule has 0 atom stereocenters. The third-order valence-corrected chi connectivity index (χ3v) is 3.77. The highest BCUT2D eigenvalue weighted by molar-refractivity contribution is 6.30. The first-order chi connectivity index (χ1) is 11.0. The molecule has 118 valence electrons. The van der Waals surface area contributed by atoms with Crippen LogP contribution in [-0.2, 0) is 6.54 Å². The lowest BCUT2D eigenvalue weighted by molar-refractivity contribution is 0.101. The number of phenolic OH excluding ortho intramolecular Hbond substituents is 1. The second kappa shape index (κ2) is 6.07. The molecule has 1 aliphatic rings. The van der Waals surface area contributed by atoms with Crippen LogP contribution in [0.25, 0.3) is 6.08 Å². The molecule has 5 heteroatoms. The summed E-state index contributed by atoms with van der Waals surface area (Å²) in [6.07, 6.45) is 1.66. The van der Waals surface area contributed by atoms with Gasteiger partial charge in [0.2, 0.25) is 5.78 Å². The quantitative estimate of drug-likeness (QED) is 0.872. The van der Waals surface area contributed by atoms with Crippen LogP contribution in [0, 0.1) is 0 Å². The van der Waals surface area contributed by atoms with Crippen molar-refractivity contribution in [3.05, 3.63) is 63.9 Å². The average molecular weight is 330 g/mol. The Morgan fingerprint density at radius 3 is 2.74 bits per heavy atom. The molecule has 1 aliphatic heterocycles. The van der Waals surface area contributed by atoms with E-state index in [0.717, 1.165) is 5.56 Å². The Bertz CT molecular complexity index is 812. The van der Waals surface area contributed by atoms with Crippen LogP contribution in [-0.4, -0.2) is 29.9 Å². The number of phenols is 1. The number of ether oxygens (including phenoxy) is 1. The van der Waals surface area contributed by atoms with E-state index in [0.29, 0.717) is 28.4 Å². The van der Waals surface area contributed by atoms with Crippen molar-refractivity contribution in [3.63, 3.8) is 0 Å². The predicted molar refractivity (Wildman–Crippen MR) is 89.9 cm³/mol. The minimum absolute atomic E-state index is 0.120. The van der Waals surface area contributed by atoms with E-state index in [4.69, 9.17) is 16.3 Å². The van der Waals surface area contributed by atoms with Gasteiger partial charge >= 0.3 is 0 Å². The topological polar surface area (TPSA) is 49.8 Å². The van der Waals surface area contributed by atoms with E-state index < -0.39 is 0 Å². The number of nitrogens with zero attached hydrogens (tertiary/aromatic N) is 1. The molecule has 23 heavy (non-hydrogen) atoms. The maximum absolute atomic E-state index is 12.5. The van der Waals surface area contributed by atoms with Crippen molar-refractivity contribution in [1.82, 2.24) is 4.90 Å². The molecule has 0 bridgehead atoms. The average Bonchev–Trinajstić information content (AvgIpc) is 2.79. The van der Waals surface area contributed by atoms with Crippen molar-refractivity contribution in [2.45, 2.75) is 6.54 Å². The molecule has 0 aliphatic carbocycles. The number of ketones is 1. The van der Waals surface area contributed by atoms with Gasteiger partial charge in [0, 0.05) is 11.6 Å². The molecule has 0 saturated carbocycles. The summed E-state index contributed by atoms with van der Waals surface area (Å²) in [5, 5.41) is 10.7. The smallest absolute Gasteiger partial charge is 0.231 e. The summed E-state index contributed by atoms with van der Waals surface area (Å²) in [6, 6.07) is 10.3. The zero-order chi connectivity index (χ0) is 16.6. The lowest BCUT2D eigenvalue weighted by Crippen LogP contribution is -2.11. The molecule has 0 saturated heterocycles. The Balaban J connectivity index is 2.02. The summed E-state index contributed by atoms with van der Waals surface area (Å²) in [6.45, 7) is 0.479. The molecule has 0 aromatic heterocycles. The minimum atomic E-state index is -0.194. The largest absolute Gasteiger partial charge is 0.507 e. The van der Waals surface area contributed by atoms with Crippen molar-refractivity contribution < 1.29 is 14.6 Å². The van der Waals surface area contributed by atoms with Crippen molar-refractivity contribution in [2.75, 3.05) is 14.1 Å². The maximum Gasteiger partial charge on any atom is 0.231 e. The van der Waals surface area contributed by atoms with Crippen LogP contribution in [0.2, 0.25) is 5.02 Å². The molecule has 1 heterocycles. The molecule has 0 radical (unpaired) electrons. The fourth-order valence-electron chi connectivity index (χ4n) is 2.51. The Labute approximate surface area is 139 Å². The number of benzene rings is 2. The van der Waals surface area contributed by atoms with Crippen LogP contribution >= 0.6 is 11.6 Å². The number of hydrogen-bond donors (Lipinski definition) is 1. The van der Waals surface area contributed by atoms with E-state index in [9.17, 15) is 9.90 Å². The van der Waals surface area contributed by atoms with E-state index in [1.807, 2.05) is 31.1 Å². The highest BCUT2D eigenvalue weighted by Gasteiger charge is 2.31. The number of rotatable bonds is 3. The Hall–Kier alpha value is -2.30. The van der Waals surface area contributed by atoms with E-state index >= 15 is 0 Å². The molecule has 1 N–H and O–H groups in total. The maximum atomic E-state index is 12.5. The number of Topliss-reactive ketones (excluding diaryl/α,β-unsaturated/α-hetero) is 1. The van der Waals surface area contributed by atoms with Crippen molar-refractivity contribution in [3.8, 4) is 11.5 Å². The first-order valence-corrected chi connectivity index (χ1v) is 7.53. The first kappa shape index (κ1) is 15.6. The van der Waals surface area contributed by atoms with Crippen LogP contribution in [0.15, 0.2) is 42.2 Å². The number of halogens is 1. The number of aromatic hydroxyl groups is 1. The summed E-state index contributed by atoms with van der Waals surface area (Å²) >= 11 is 5.97. The summed E-state index contributed by atoms with van der Waals surface area (Å²) in [5.74, 6) is 0.582. The monoisotopic (exact) mass is 329 g/mol. The molecule has 0 amide bonds. The van der Waals surface area contributed by atoms with Gasteiger partial charge in [0.1, 0.15) is 11.5 Å². The second-order valence-electron chi connectivity index (χ2n) is 5.67. The van der Waals surface area contributed by atoms with Crippen molar-refractivity contribution in [1.29, 1.82) is 0 Å². The predicted octanol–water partition coefficient (Wildman–Crippen LogP) is 3.72. The van der Waals surface area contributed by atoms with Gasteiger partial charge in [0.05, 0.1) is 11.1 Å². The van der Waals surface area contributed by atoms with Crippen LogP contribution in [0.1, 0.15) is 21.5 Å². The third-order valence-electron chi connectivity index (χ3n) is 3.54. The lowest BCUT2D eigenvalue weighted by Gasteiger charge is -2.13. The molecule has 3 rings (SSSR count). The van der Waals surface area contributed by atoms with Gasteiger partial charge in [-0.05, 0) is 50.0 Å². The highest BCUT2D eigenvalue weighted by Crippen LogP contribution is 2.39. The van der Waals surface area contributed by atoms with Crippen LogP contribution in [0.3, 0.4) is 0 Å². The number of fused-ring (bicyclic) bond motifs is 1. The van der Waals surface area contributed by atoms with Crippen LogP contribution in [0.4, 0.5) is 0 Å². The SMILES string of the molecule is CN(C)Cc1c(O)ccc2c1OC(=Cc1cccc(Cl)c1)C2=O.